The highest BCUT2D eigenvalue weighted by molar-refractivity contribution is 7.91. The third-order valence-corrected chi connectivity index (χ3v) is 5.58. The fourth-order valence-corrected chi connectivity index (χ4v) is 4.29. The van der Waals surface area contributed by atoms with Crippen molar-refractivity contribution in [2.75, 3.05) is 42.7 Å². The zero-order chi connectivity index (χ0) is 14.7. The summed E-state index contributed by atoms with van der Waals surface area (Å²) in [6.07, 6.45) is 4.29. The zero-order valence-corrected chi connectivity index (χ0v) is 12.7. The number of rotatable bonds is 4. The molecule has 2 saturated heterocycles. The van der Waals surface area contributed by atoms with Gasteiger partial charge >= 0.3 is 0 Å². The number of morpholine rings is 1. The van der Waals surface area contributed by atoms with Crippen molar-refractivity contribution >= 4 is 15.8 Å². The molecular weight excluding hydrogens is 292 g/mol. The molecule has 1 N–H and O–H groups in total. The number of hydrogen-bond donors (Lipinski definition) is 1. The molecule has 1 aromatic rings. The summed E-state index contributed by atoms with van der Waals surface area (Å²) in [7, 11) is -2.83. The molecule has 3 rings (SSSR count). The predicted octanol–water partition coefficient (Wildman–Crippen LogP) is -0.410. The highest BCUT2D eigenvalue weighted by Gasteiger charge is 2.27. The van der Waals surface area contributed by atoms with Crippen molar-refractivity contribution in [3.8, 4) is 0 Å². The van der Waals surface area contributed by atoms with E-state index in [0.717, 1.165) is 24.6 Å². The second-order valence-corrected chi connectivity index (χ2v) is 7.70. The van der Waals surface area contributed by atoms with Gasteiger partial charge in [0.2, 0.25) is 5.95 Å². The van der Waals surface area contributed by atoms with Crippen LogP contribution in [-0.4, -0.2) is 62.2 Å². The number of hydrogen-bond acceptors (Lipinski definition) is 7. The average Bonchev–Trinajstić information content (AvgIpc) is 2.86. The normalized spacial score (nSPS) is 25.1. The minimum Gasteiger partial charge on any atom is -0.378 e. The van der Waals surface area contributed by atoms with Crippen LogP contribution in [0.25, 0.3) is 0 Å². The number of aromatic nitrogens is 2. The van der Waals surface area contributed by atoms with E-state index in [1.54, 1.807) is 12.4 Å². The highest BCUT2D eigenvalue weighted by atomic mass is 32.2. The Balaban J connectivity index is 1.52. The quantitative estimate of drug-likeness (QED) is 0.809. The molecule has 3 heterocycles. The van der Waals surface area contributed by atoms with Crippen LogP contribution in [0.3, 0.4) is 0 Å². The van der Waals surface area contributed by atoms with Gasteiger partial charge in [0.1, 0.15) is 0 Å². The summed E-state index contributed by atoms with van der Waals surface area (Å²) in [5.74, 6) is 1.25. The summed E-state index contributed by atoms with van der Waals surface area (Å²) in [6.45, 7) is 3.66. The van der Waals surface area contributed by atoms with Crippen LogP contribution < -0.4 is 10.2 Å². The summed E-state index contributed by atoms with van der Waals surface area (Å²) < 4.78 is 28.1. The maximum Gasteiger partial charge on any atom is 0.225 e. The van der Waals surface area contributed by atoms with Crippen molar-refractivity contribution in [3.05, 3.63) is 18.0 Å². The van der Waals surface area contributed by atoms with E-state index < -0.39 is 9.84 Å². The predicted molar refractivity (Wildman–Crippen MR) is 79.0 cm³/mol. The first-order valence-electron chi connectivity index (χ1n) is 7.20. The lowest BCUT2D eigenvalue weighted by atomic mass is 10.2. The second kappa shape index (κ2) is 6.25. The minimum absolute atomic E-state index is 0.0499. The molecule has 7 nitrogen and oxygen atoms in total. The first-order valence-corrected chi connectivity index (χ1v) is 9.02. The maximum absolute atomic E-state index is 11.4. The first-order chi connectivity index (χ1) is 10.1. The van der Waals surface area contributed by atoms with Gasteiger partial charge in [-0.2, -0.15) is 0 Å². The molecule has 0 amide bonds. The molecule has 21 heavy (non-hydrogen) atoms. The van der Waals surface area contributed by atoms with Gasteiger partial charge in [-0.05, 0) is 6.42 Å². The molecule has 2 aliphatic rings. The Morgan fingerprint density at radius 2 is 2.00 bits per heavy atom. The van der Waals surface area contributed by atoms with Crippen LogP contribution in [0, 0.1) is 0 Å². The minimum atomic E-state index is -2.83. The van der Waals surface area contributed by atoms with Crippen molar-refractivity contribution in [2.24, 2.45) is 0 Å². The van der Waals surface area contributed by atoms with Gasteiger partial charge < -0.3 is 15.0 Å². The Kier molecular flexibility index (Phi) is 4.37. The maximum atomic E-state index is 11.4. The van der Waals surface area contributed by atoms with Gasteiger partial charge in [0.25, 0.3) is 0 Å². The largest absolute Gasteiger partial charge is 0.378 e. The van der Waals surface area contributed by atoms with E-state index in [1.807, 2.05) is 0 Å². The Bertz CT molecular complexity index is 570. The van der Waals surface area contributed by atoms with Crippen LogP contribution in [0.4, 0.5) is 5.95 Å². The topological polar surface area (TPSA) is 84.4 Å². The number of sulfone groups is 1. The smallest absolute Gasteiger partial charge is 0.225 e. The Morgan fingerprint density at radius 1 is 1.29 bits per heavy atom. The van der Waals surface area contributed by atoms with Gasteiger partial charge in [-0.15, -0.1) is 0 Å². The molecule has 8 heteroatoms. The Morgan fingerprint density at radius 3 is 2.62 bits per heavy atom. The summed E-state index contributed by atoms with van der Waals surface area (Å²) in [5.41, 5.74) is 0.969. The van der Waals surface area contributed by atoms with Gasteiger partial charge in [0.05, 0.1) is 24.7 Å². The van der Waals surface area contributed by atoms with E-state index in [0.29, 0.717) is 26.2 Å². The zero-order valence-electron chi connectivity index (χ0n) is 11.9. The summed E-state index contributed by atoms with van der Waals surface area (Å²) >= 11 is 0. The lowest BCUT2D eigenvalue weighted by Gasteiger charge is -2.26. The number of ether oxygens (including phenoxy) is 1. The molecule has 0 spiro atoms. The van der Waals surface area contributed by atoms with Crippen molar-refractivity contribution in [1.29, 1.82) is 0 Å². The summed E-state index contributed by atoms with van der Waals surface area (Å²) in [5, 5.41) is 3.26. The van der Waals surface area contributed by atoms with Crippen molar-refractivity contribution in [2.45, 2.75) is 19.0 Å². The molecule has 0 bridgehead atoms. The number of nitrogens with zero attached hydrogens (tertiary/aromatic N) is 3. The molecule has 0 aromatic carbocycles. The van der Waals surface area contributed by atoms with Gasteiger partial charge in [0, 0.05) is 43.6 Å². The fourth-order valence-electron chi connectivity index (χ4n) is 2.58. The molecule has 0 saturated carbocycles. The SMILES string of the molecule is O=S1(=O)CCC(NCc2cnc(N3CCOCC3)nc2)C1. The lowest BCUT2D eigenvalue weighted by Crippen LogP contribution is -2.37. The van der Waals surface area contributed by atoms with Crippen LogP contribution in [0.5, 0.6) is 0 Å². The first kappa shape index (κ1) is 14.7. The van der Waals surface area contributed by atoms with Crippen LogP contribution in [0.1, 0.15) is 12.0 Å². The van der Waals surface area contributed by atoms with Gasteiger partial charge in [-0.25, -0.2) is 18.4 Å². The summed E-state index contributed by atoms with van der Waals surface area (Å²) in [6, 6.07) is 0.0499. The van der Waals surface area contributed by atoms with E-state index >= 15 is 0 Å². The van der Waals surface area contributed by atoms with Crippen molar-refractivity contribution in [3.63, 3.8) is 0 Å². The van der Waals surface area contributed by atoms with Crippen molar-refractivity contribution in [1.82, 2.24) is 15.3 Å². The molecule has 116 valence electrons. The van der Waals surface area contributed by atoms with Gasteiger partial charge in [-0.3, -0.25) is 0 Å². The molecule has 2 aliphatic heterocycles. The molecular formula is C13H20N4O3S. The molecule has 0 radical (unpaired) electrons. The molecule has 1 atom stereocenters. The Labute approximate surface area is 124 Å². The van der Waals surface area contributed by atoms with E-state index in [9.17, 15) is 8.42 Å². The average molecular weight is 312 g/mol. The standard InChI is InChI=1S/C13H20N4O3S/c18-21(19)6-1-12(10-21)14-7-11-8-15-13(16-9-11)17-2-4-20-5-3-17/h8-9,12,14H,1-7,10H2. The van der Waals surface area contributed by atoms with Crippen LogP contribution >= 0.6 is 0 Å². The lowest BCUT2D eigenvalue weighted by molar-refractivity contribution is 0.122. The van der Waals surface area contributed by atoms with Crippen molar-refractivity contribution < 1.29 is 13.2 Å². The molecule has 2 fully saturated rings. The fraction of sp³-hybridized carbons (Fsp3) is 0.692. The van der Waals surface area contributed by atoms with Crippen LogP contribution in [0.15, 0.2) is 12.4 Å². The molecule has 1 aromatic heterocycles. The second-order valence-electron chi connectivity index (χ2n) is 5.47. The van der Waals surface area contributed by atoms with E-state index in [2.05, 4.69) is 20.2 Å². The third-order valence-electron chi connectivity index (χ3n) is 3.81. The van der Waals surface area contributed by atoms with Crippen LogP contribution in [-0.2, 0) is 21.1 Å². The van der Waals surface area contributed by atoms with E-state index in [-0.39, 0.29) is 17.5 Å². The van der Waals surface area contributed by atoms with Crippen LogP contribution in [0.2, 0.25) is 0 Å². The monoisotopic (exact) mass is 312 g/mol. The number of nitrogens with one attached hydrogen (secondary N) is 1. The number of anilines is 1. The van der Waals surface area contributed by atoms with E-state index in [4.69, 9.17) is 4.74 Å². The summed E-state index contributed by atoms with van der Waals surface area (Å²) in [4.78, 5) is 10.9. The highest BCUT2D eigenvalue weighted by Crippen LogP contribution is 2.13. The molecule has 1 unspecified atom stereocenters. The van der Waals surface area contributed by atoms with Gasteiger partial charge in [-0.1, -0.05) is 0 Å². The van der Waals surface area contributed by atoms with Gasteiger partial charge in [0.15, 0.2) is 9.84 Å². The Hall–Kier alpha value is -1.25. The van der Waals surface area contributed by atoms with E-state index in [1.165, 1.54) is 0 Å². The molecule has 0 aliphatic carbocycles. The third kappa shape index (κ3) is 3.90.